The second-order valence-corrected chi connectivity index (χ2v) is 6.31. The second kappa shape index (κ2) is 5.83. The molecule has 0 N–H and O–H groups in total. The number of aliphatic imine (C=N–C) groups is 1. The van der Waals surface area contributed by atoms with E-state index in [-0.39, 0.29) is 12.5 Å². The molecular formula is C18H16ClN3O2. The topological polar surface area (TPSA) is 45.1 Å². The summed E-state index contributed by atoms with van der Waals surface area (Å²) in [5.74, 6) is 1.42. The molecule has 4 rings (SSSR count). The molecule has 5 nitrogen and oxygen atoms in total. The summed E-state index contributed by atoms with van der Waals surface area (Å²) in [4.78, 5) is 20.1. The van der Waals surface area contributed by atoms with Crippen LogP contribution in [0.1, 0.15) is 11.1 Å². The Hall–Kier alpha value is -2.53. The number of carbonyl (C=O) groups is 1. The standard InChI is InChI=1S/C18H16ClN3O2/c1-24-15-5-2-12(3-6-15)9-21-10-13-8-14(19)4-7-16(13)22-11-17(23)20-18(21)22/h2-8H,9-11H2,1H3. The Morgan fingerprint density at radius 3 is 2.71 bits per heavy atom. The predicted octanol–water partition coefficient (Wildman–Crippen LogP) is 3.07. The number of benzene rings is 2. The summed E-state index contributed by atoms with van der Waals surface area (Å²) in [5.41, 5.74) is 3.24. The van der Waals surface area contributed by atoms with E-state index in [9.17, 15) is 4.79 Å². The number of halogens is 1. The molecule has 0 unspecified atom stereocenters. The number of ether oxygens (including phenoxy) is 1. The molecule has 0 aliphatic carbocycles. The fourth-order valence-electron chi connectivity index (χ4n) is 3.15. The van der Waals surface area contributed by atoms with Gasteiger partial charge < -0.3 is 14.5 Å². The van der Waals surface area contributed by atoms with Crippen LogP contribution in [0.15, 0.2) is 47.5 Å². The first-order chi connectivity index (χ1) is 11.6. The molecule has 0 atom stereocenters. The fourth-order valence-corrected chi connectivity index (χ4v) is 3.34. The highest BCUT2D eigenvalue weighted by atomic mass is 35.5. The molecule has 0 bridgehead atoms. The van der Waals surface area contributed by atoms with E-state index in [1.807, 2.05) is 47.4 Å². The molecule has 2 aliphatic rings. The molecule has 0 saturated carbocycles. The van der Waals surface area contributed by atoms with E-state index >= 15 is 0 Å². The smallest absolute Gasteiger partial charge is 0.268 e. The summed E-state index contributed by atoms with van der Waals surface area (Å²) in [5, 5.41) is 0.698. The maximum Gasteiger partial charge on any atom is 0.268 e. The minimum atomic E-state index is -0.118. The number of methoxy groups -OCH3 is 1. The van der Waals surface area contributed by atoms with Crippen molar-refractivity contribution >= 4 is 29.2 Å². The Morgan fingerprint density at radius 1 is 1.17 bits per heavy atom. The third-order valence-electron chi connectivity index (χ3n) is 4.27. The number of hydrogen-bond acceptors (Lipinski definition) is 4. The van der Waals surface area contributed by atoms with Crippen molar-refractivity contribution < 1.29 is 9.53 Å². The molecule has 0 aromatic heterocycles. The zero-order valence-corrected chi connectivity index (χ0v) is 14.0. The molecule has 2 aliphatic heterocycles. The van der Waals surface area contributed by atoms with E-state index in [0.717, 1.165) is 22.6 Å². The summed E-state index contributed by atoms with van der Waals surface area (Å²) < 4.78 is 5.20. The molecule has 2 aromatic carbocycles. The van der Waals surface area contributed by atoms with Gasteiger partial charge in [-0.25, -0.2) is 0 Å². The van der Waals surface area contributed by atoms with Gasteiger partial charge in [0, 0.05) is 23.8 Å². The van der Waals surface area contributed by atoms with E-state index in [1.165, 1.54) is 0 Å². The van der Waals surface area contributed by atoms with Gasteiger partial charge in [0.05, 0.1) is 7.11 Å². The first-order valence-corrected chi connectivity index (χ1v) is 8.07. The number of rotatable bonds is 3. The van der Waals surface area contributed by atoms with E-state index in [0.29, 0.717) is 24.1 Å². The van der Waals surface area contributed by atoms with Gasteiger partial charge in [-0.3, -0.25) is 4.79 Å². The first-order valence-electron chi connectivity index (χ1n) is 7.69. The lowest BCUT2D eigenvalue weighted by Gasteiger charge is -2.37. The van der Waals surface area contributed by atoms with Crippen molar-refractivity contribution in [1.29, 1.82) is 0 Å². The molecule has 0 spiro atoms. The summed E-state index contributed by atoms with van der Waals surface area (Å²) in [7, 11) is 1.65. The van der Waals surface area contributed by atoms with Crippen LogP contribution in [0, 0.1) is 0 Å². The molecule has 2 aromatic rings. The Kier molecular flexibility index (Phi) is 3.65. The maximum absolute atomic E-state index is 11.9. The highest BCUT2D eigenvalue weighted by Crippen LogP contribution is 2.33. The van der Waals surface area contributed by atoms with Crippen LogP contribution in [0.5, 0.6) is 5.75 Å². The van der Waals surface area contributed by atoms with Crippen molar-refractivity contribution in [3.05, 3.63) is 58.6 Å². The van der Waals surface area contributed by atoms with Gasteiger partial charge in [-0.1, -0.05) is 23.7 Å². The van der Waals surface area contributed by atoms with Crippen LogP contribution in [0.4, 0.5) is 5.69 Å². The van der Waals surface area contributed by atoms with Crippen molar-refractivity contribution in [2.45, 2.75) is 13.1 Å². The van der Waals surface area contributed by atoms with Gasteiger partial charge in [-0.05, 0) is 41.5 Å². The minimum Gasteiger partial charge on any atom is -0.497 e. The van der Waals surface area contributed by atoms with Crippen LogP contribution >= 0.6 is 11.6 Å². The Labute approximate surface area is 145 Å². The lowest BCUT2D eigenvalue weighted by atomic mass is 10.1. The molecule has 0 saturated heterocycles. The summed E-state index contributed by atoms with van der Waals surface area (Å²) >= 11 is 6.14. The van der Waals surface area contributed by atoms with Gasteiger partial charge in [0.25, 0.3) is 5.91 Å². The summed E-state index contributed by atoms with van der Waals surface area (Å²) in [6, 6.07) is 13.7. The van der Waals surface area contributed by atoms with Gasteiger partial charge in [0.15, 0.2) is 0 Å². The van der Waals surface area contributed by atoms with Crippen molar-refractivity contribution in [2.24, 2.45) is 4.99 Å². The van der Waals surface area contributed by atoms with Gasteiger partial charge in [0.2, 0.25) is 5.96 Å². The molecule has 122 valence electrons. The number of anilines is 1. The van der Waals surface area contributed by atoms with Crippen LogP contribution in [-0.2, 0) is 17.9 Å². The molecule has 0 fully saturated rings. The minimum absolute atomic E-state index is 0.118. The van der Waals surface area contributed by atoms with E-state index in [2.05, 4.69) is 9.89 Å². The lowest BCUT2D eigenvalue weighted by molar-refractivity contribution is -0.115. The second-order valence-electron chi connectivity index (χ2n) is 5.87. The largest absolute Gasteiger partial charge is 0.497 e. The predicted molar refractivity (Wildman–Crippen MR) is 93.5 cm³/mol. The zero-order chi connectivity index (χ0) is 16.7. The highest BCUT2D eigenvalue weighted by molar-refractivity contribution is 6.30. The van der Waals surface area contributed by atoms with Gasteiger partial charge in [-0.15, -0.1) is 0 Å². The third kappa shape index (κ3) is 2.61. The molecular weight excluding hydrogens is 326 g/mol. The molecule has 2 heterocycles. The van der Waals surface area contributed by atoms with Crippen LogP contribution in [0.2, 0.25) is 5.02 Å². The maximum atomic E-state index is 11.9. The molecule has 0 radical (unpaired) electrons. The Morgan fingerprint density at radius 2 is 1.96 bits per heavy atom. The highest BCUT2D eigenvalue weighted by Gasteiger charge is 2.34. The molecule has 6 heteroatoms. The number of nitrogens with zero attached hydrogens (tertiary/aromatic N) is 3. The number of amides is 1. The monoisotopic (exact) mass is 341 g/mol. The average molecular weight is 342 g/mol. The SMILES string of the molecule is COc1ccc(CN2Cc3cc(Cl)ccc3N3CC(=O)N=C23)cc1. The molecule has 24 heavy (non-hydrogen) atoms. The summed E-state index contributed by atoms with van der Waals surface area (Å²) in [6.45, 7) is 1.62. The van der Waals surface area contributed by atoms with Crippen molar-refractivity contribution in [1.82, 2.24) is 4.90 Å². The van der Waals surface area contributed by atoms with Crippen molar-refractivity contribution in [3.8, 4) is 5.75 Å². The van der Waals surface area contributed by atoms with Crippen LogP contribution < -0.4 is 9.64 Å². The zero-order valence-electron chi connectivity index (χ0n) is 13.2. The first kappa shape index (κ1) is 15.0. The lowest BCUT2D eigenvalue weighted by Crippen LogP contribution is -2.45. The normalized spacial score (nSPS) is 15.9. The number of carbonyl (C=O) groups excluding carboxylic acids is 1. The van der Waals surface area contributed by atoms with Gasteiger partial charge in [-0.2, -0.15) is 4.99 Å². The number of guanidine groups is 1. The van der Waals surface area contributed by atoms with E-state index < -0.39 is 0 Å². The quantitative estimate of drug-likeness (QED) is 0.860. The fraction of sp³-hybridized carbons (Fsp3) is 0.222. The van der Waals surface area contributed by atoms with E-state index in [4.69, 9.17) is 16.3 Å². The van der Waals surface area contributed by atoms with Crippen LogP contribution in [-0.4, -0.2) is 30.4 Å². The van der Waals surface area contributed by atoms with Crippen molar-refractivity contribution in [3.63, 3.8) is 0 Å². The average Bonchev–Trinajstić information content (AvgIpc) is 2.97. The van der Waals surface area contributed by atoms with Crippen LogP contribution in [0.3, 0.4) is 0 Å². The van der Waals surface area contributed by atoms with Crippen molar-refractivity contribution in [2.75, 3.05) is 18.6 Å². The summed E-state index contributed by atoms with van der Waals surface area (Å²) in [6.07, 6.45) is 0. The number of hydrogen-bond donors (Lipinski definition) is 0. The Bertz CT molecular complexity index is 833. The van der Waals surface area contributed by atoms with Gasteiger partial charge >= 0.3 is 0 Å². The van der Waals surface area contributed by atoms with Gasteiger partial charge in [0.1, 0.15) is 12.3 Å². The number of fused-ring (bicyclic) bond motifs is 3. The third-order valence-corrected chi connectivity index (χ3v) is 4.50. The Balaban J connectivity index is 1.67. The van der Waals surface area contributed by atoms with E-state index in [1.54, 1.807) is 7.11 Å². The molecule has 1 amide bonds. The van der Waals surface area contributed by atoms with Crippen LogP contribution in [0.25, 0.3) is 0 Å².